The van der Waals surface area contributed by atoms with Crippen LogP contribution in [0.1, 0.15) is 11.1 Å². The zero-order chi connectivity index (χ0) is 15.7. The quantitative estimate of drug-likeness (QED) is 0.468. The van der Waals surface area contributed by atoms with Gasteiger partial charge in [-0.15, -0.1) is 13.2 Å². The van der Waals surface area contributed by atoms with E-state index < -0.39 is 45.5 Å². The van der Waals surface area contributed by atoms with Crippen molar-refractivity contribution in [3.8, 4) is 5.75 Å². The molecule has 4 nitrogen and oxygen atoms in total. The van der Waals surface area contributed by atoms with E-state index in [2.05, 4.69) is 9.72 Å². The highest BCUT2D eigenvalue weighted by atomic mass is 127. The molecule has 1 rings (SSSR count). The van der Waals surface area contributed by atoms with Gasteiger partial charge in [-0.1, -0.05) is 0 Å². The minimum Gasteiger partial charge on any atom is -0.481 e. The van der Waals surface area contributed by atoms with Crippen LogP contribution in [0.25, 0.3) is 0 Å². The van der Waals surface area contributed by atoms with Gasteiger partial charge in [0.05, 0.1) is 6.42 Å². The molecule has 112 valence electrons. The predicted molar refractivity (Wildman–Crippen MR) is 60.0 cm³/mol. The Morgan fingerprint density at radius 1 is 1.30 bits per heavy atom. The molecule has 0 bridgehead atoms. The maximum Gasteiger partial charge on any atom is 0.573 e. The SMILES string of the molecule is O=C(O)Cc1cnc(I)c(OC(F)(F)F)c1C(F)(F)F. The normalized spacial score (nSPS) is 12.3. The summed E-state index contributed by atoms with van der Waals surface area (Å²) in [5.74, 6) is -3.19. The summed E-state index contributed by atoms with van der Waals surface area (Å²) in [7, 11) is 0. The first-order chi connectivity index (χ1) is 8.92. The number of halogens is 7. The number of pyridine rings is 1. The molecule has 1 aromatic rings. The maximum atomic E-state index is 12.8. The molecule has 0 radical (unpaired) electrons. The third-order valence-corrected chi connectivity index (χ3v) is 2.68. The van der Waals surface area contributed by atoms with Gasteiger partial charge < -0.3 is 9.84 Å². The number of nitrogens with zero attached hydrogens (tertiary/aromatic N) is 1. The van der Waals surface area contributed by atoms with Crippen molar-refractivity contribution in [3.05, 3.63) is 21.0 Å². The summed E-state index contributed by atoms with van der Waals surface area (Å²) in [5.41, 5.74) is -2.71. The topological polar surface area (TPSA) is 59.4 Å². The van der Waals surface area contributed by atoms with E-state index in [0.717, 1.165) is 22.6 Å². The largest absolute Gasteiger partial charge is 0.573 e. The molecular formula is C9H4F6INO3. The van der Waals surface area contributed by atoms with E-state index in [0.29, 0.717) is 6.20 Å². The lowest BCUT2D eigenvalue weighted by molar-refractivity contribution is -0.276. The first-order valence-corrected chi connectivity index (χ1v) is 5.72. The third kappa shape index (κ3) is 4.38. The van der Waals surface area contributed by atoms with Crippen molar-refractivity contribution in [2.75, 3.05) is 0 Å². The number of hydrogen-bond acceptors (Lipinski definition) is 3. The maximum absolute atomic E-state index is 12.8. The van der Waals surface area contributed by atoms with E-state index in [-0.39, 0.29) is 0 Å². The molecule has 0 saturated carbocycles. The molecule has 0 amide bonds. The van der Waals surface area contributed by atoms with Gasteiger partial charge in [-0.05, 0) is 28.2 Å². The first-order valence-electron chi connectivity index (χ1n) is 4.64. The van der Waals surface area contributed by atoms with Crippen LogP contribution in [0.2, 0.25) is 0 Å². The Labute approximate surface area is 120 Å². The molecule has 20 heavy (non-hydrogen) atoms. The molecule has 0 aliphatic heterocycles. The fraction of sp³-hybridized carbons (Fsp3) is 0.333. The van der Waals surface area contributed by atoms with E-state index in [1.807, 2.05) is 0 Å². The molecule has 0 aliphatic carbocycles. The Morgan fingerprint density at radius 3 is 2.25 bits per heavy atom. The van der Waals surface area contributed by atoms with E-state index in [4.69, 9.17) is 5.11 Å². The van der Waals surface area contributed by atoms with Crippen LogP contribution in [0, 0.1) is 3.70 Å². The monoisotopic (exact) mass is 415 g/mol. The minimum atomic E-state index is -5.36. The van der Waals surface area contributed by atoms with Gasteiger partial charge in [0.2, 0.25) is 0 Å². The predicted octanol–water partition coefficient (Wildman–Crippen LogP) is 3.23. The van der Waals surface area contributed by atoms with Gasteiger partial charge in [-0.2, -0.15) is 13.2 Å². The number of alkyl halides is 6. The molecule has 0 atom stereocenters. The number of aliphatic carboxylic acids is 1. The van der Waals surface area contributed by atoms with Gasteiger partial charge in [0.1, 0.15) is 9.26 Å². The van der Waals surface area contributed by atoms with E-state index in [9.17, 15) is 31.1 Å². The molecule has 1 aromatic heterocycles. The van der Waals surface area contributed by atoms with Gasteiger partial charge in [0.25, 0.3) is 0 Å². The van der Waals surface area contributed by atoms with Crippen molar-refractivity contribution in [2.24, 2.45) is 0 Å². The molecule has 0 aliphatic rings. The Balaban J connectivity index is 3.50. The fourth-order valence-corrected chi connectivity index (χ4v) is 1.84. The molecule has 0 unspecified atom stereocenters. The Morgan fingerprint density at radius 2 is 1.85 bits per heavy atom. The highest BCUT2D eigenvalue weighted by Gasteiger charge is 2.43. The van der Waals surface area contributed by atoms with Gasteiger partial charge in [0, 0.05) is 6.20 Å². The lowest BCUT2D eigenvalue weighted by Gasteiger charge is -2.18. The minimum absolute atomic E-state index is 0.557. The van der Waals surface area contributed by atoms with Crippen molar-refractivity contribution in [1.82, 2.24) is 4.98 Å². The molecule has 11 heteroatoms. The van der Waals surface area contributed by atoms with E-state index in [1.165, 1.54) is 0 Å². The van der Waals surface area contributed by atoms with Gasteiger partial charge >= 0.3 is 18.5 Å². The van der Waals surface area contributed by atoms with Crippen molar-refractivity contribution >= 4 is 28.6 Å². The number of ether oxygens (including phenoxy) is 1. The van der Waals surface area contributed by atoms with Crippen LogP contribution in [0.3, 0.4) is 0 Å². The van der Waals surface area contributed by atoms with Gasteiger partial charge in [0.15, 0.2) is 5.75 Å². The summed E-state index contributed by atoms with van der Waals surface area (Å²) in [4.78, 5) is 13.8. The average Bonchev–Trinajstić information content (AvgIpc) is 2.18. The summed E-state index contributed by atoms with van der Waals surface area (Å²) < 4.78 is 77.6. The van der Waals surface area contributed by atoms with Crippen molar-refractivity contribution in [2.45, 2.75) is 19.0 Å². The second-order valence-electron chi connectivity index (χ2n) is 3.39. The Hall–Kier alpha value is -1.27. The molecule has 0 fully saturated rings. The number of rotatable bonds is 3. The molecule has 0 saturated heterocycles. The Kier molecular flexibility index (Phi) is 4.71. The summed E-state index contributed by atoms with van der Waals surface area (Å²) >= 11 is 1.13. The zero-order valence-electron chi connectivity index (χ0n) is 9.14. The van der Waals surface area contributed by atoms with Gasteiger partial charge in [-0.3, -0.25) is 4.79 Å². The lowest BCUT2D eigenvalue weighted by Crippen LogP contribution is -2.23. The van der Waals surface area contributed by atoms with Crippen molar-refractivity contribution < 1.29 is 41.0 Å². The number of aromatic nitrogens is 1. The van der Waals surface area contributed by atoms with Crippen LogP contribution in [0.5, 0.6) is 5.75 Å². The first kappa shape index (κ1) is 16.8. The second kappa shape index (κ2) is 5.61. The standard InChI is InChI=1S/C9H4F6INO3/c10-8(11,12)5-3(1-4(18)19)2-17-7(16)6(5)20-9(13,14)15/h2H,1H2,(H,18,19). The van der Waals surface area contributed by atoms with Crippen LogP contribution in [-0.2, 0) is 17.4 Å². The fourth-order valence-electron chi connectivity index (χ4n) is 1.32. The number of carboxylic acid groups (broad SMARTS) is 1. The molecule has 0 spiro atoms. The summed E-state index contributed by atoms with van der Waals surface area (Å²) in [6, 6.07) is 0. The van der Waals surface area contributed by atoms with Crippen LogP contribution in [0.4, 0.5) is 26.3 Å². The van der Waals surface area contributed by atoms with Crippen LogP contribution >= 0.6 is 22.6 Å². The lowest BCUT2D eigenvalue weighted by atomic mass is 10.1. The highest BCUT2D eigenvalue weighted by Crippen LogP contribution is 2.42. The number of hydrogen-bond donors (Lipinski definition) is 1. The van der Waals surface area contributed by atoms with Crippen LogP contribution < -0.4 is 4.74 Å². The summed E-state index contributed by atoms with van der Waals surface area (Å²) in [6.45, 7) is 0. The van der Waals surface area contributed by atoms with Crippen molar-refractivity contribution in [3.63, 3.8) is 0 Å². The molecule has 0 aromatic carbocycles. The molecule has 1 heterocycles. The average molecular weight is 415 g/mol. The van der Waals surface area contributed by atoms with Crippen molar-refractivity contribution in [1.29, 1.82) is 0 Å². The summed E-state index contributed by atoms with van der Waals surface area (Å²) in [6.07, 6.45) is -11.1. The van der Waals surface area contributed by atoms with Crippen LogP contribution in [0.15, 0.2) is 6.20 Å². The third-order valence-electron chi connectivity index (χ3n) is 1.91. The Bertz CT molecular complexity index is 528. The molecule has 1 N–H and O–H groups in total. The highest BCUT2D eigenvalue weighted by molar-refractivity contribution is 14.1. The van der Waals surface area contributed by atoms with E-state index >= 15 is 0 Å². The van der Waals surface area contributed by atoms with E-state index in [1.54, 1.807) is 0 Å². The van der Waals surface area contributed by atoms with Gasteiger partial charge in [-0.25, -0.2) is 4.98 Å². The number of carbonyl (C=O) groups is 1. The smallest absolute Gasteiger partial charge is 0.481 e. The summed E-state index contributed by atoms with van der Waals surface area (Å²) in [5, 5.41) is 8.49. The second-order valence-corrected chi connectivity index (χ2v) is 4.42. The zero-order valence-corrected chi connectivity index (χ0v) is 11.3. The van der Waals surface area contributed by atoms with Crippen LogP contribution in [-0.4, -0.2) is 22.4 Å². The number of carboxylic acids is 1. The molecular weight excluding hydrogens is 411 g/mol.